The van der Waals surface area contributed by atoms with E-state index in [1.807, 2.05) is 0 Å². The molecule has 2 heteroatoms. The molecule has 0 amide bonds. The number of aliphatic hydroxyl groups excluding tert-OH is 1. The van der Waals surface area contributed by atoms with E-state index < -0.39 is 0 Å². The van der Waals surface area contributed by atoms with E-state index in [1.54, 1.807) is 0 Å². The average Bonchev–Trinajstić information content (AvgIpc) is 2.39. The lowest BCUT2D eigenvalue weighted by atomic mass is 9.80. The van der Waals surface area contributed by atoms with Crippen molar-refractivity contribution in [3.05, 3.63) is 0 Å². The molecule has 0 unspecified atom stereocenters. The number of hydrogen-bond acceptors (Lipinski definition) is 2. The van der Waals surface area contributed by atoms with Crippen LogP contribution in [-0.2, 0) is 0 Å². The van der Waals surface area contributed by atoms with E-state index in [2.05, 4.69) is 11.8 Å². The summed E-state index contributed by atoms with van der Waals surface area (Å²) in [5.41, 5.74) is 0. The first kappa shape index (κ1) is 13.4. The molecule has 0 bridgehead atoms. The van der Waals surface area contributed by atoms with Gasteiger partial charge in [-0.05, 0) is 44.6 Å². The summed E-state index contributed by atoms with van der Waals surface area (Å²) in [6, 6.07) is 1.53. The molecule has 0 aromatic heterocycles. The first-order valence-corrected chi connectivity index (χ1v) is 7.73. The molecule has 3 atom stereocenters. The van der Waals surface area contributed by atoms with Gasteiger partial charge in [0.05, 0.1) is 0 Å². The van der Waals surface area contributed by atoms with E-state index in [9.17, 15) is 5.11 Å². The highest BCUT2D eigenvalue weighted by atomic mass is 16.3. The highest BCUT2D eigenvalue weighted by molar-refractivity contribution is 4.91. The van der Waals surface area contributed by atoms with Gasteiger partial charge >= 0.3 is 0 Å². The third kappa shape index (κ3) is 3.23. The molecule has 2 aliphatic heterocycles. The van der Waals surface area contributed by atoms with Crippen LogP contribution in [0.5, 0.6) is 0 Å². The van der Waals surface area contributed by atoms with Gasteiger partial charge in [-0.2, -0.15) is 0 Å². The first-order valence-electron chi connectivity index (χ1n) is 7.73. The number of fused-ring (bicyclic) bond motifs is 1. The van der Waals surface area contributed by atoms with Crippen LogP contribution < -0.4 is 0 Å². The summed E-state index contributed by atoms with van der Waals surface area (Å²) in [6.07, 6.45) is 12.2. The Kier molecular flexibility index (Phi) is 5.30. The van der Waals surface area contributed by atoms with Crippen LogP contribution in [0.15, 0.2) is 0 Å². The van der Waals surface area contributed by atoms with Crippen LogP contribution in [0.1, 0.15) is 64.7 Å². The third-order valence-corrected chi connectivity index (χ3v) is 4.85. The van der Waals surface area contributed by atoms with Crippen LogP contribution in [0.4, 0.5) is 0 Å². The normalized spacial score (nSPS) is 34.6. The van der Waals surface area contributed by atoms with Crippen molar-refractivity contribution in [2.24, 2.45) is 5.92 Å². The van der Waals surface area contributed by atoms with E-state index in [4.69, 9.17) is 0 Å². The zero-order chi connectivity index (χ0) is 12.1. The zero-order valence-corrected chi connectivity index (χ0v) is 11.4. The number of piperidine rings is 2. The largest absolute Gasteiger partial charge is 0.396 e. The average molecular weight is 239 g/mol. The van der Waals surface area contributed by atoms with Crippen LogP contribution in [0, 0.1) is 5.92 Å². The SMILES string of the molecule is CCCCC[C@@H]1CC[C@H](CO)[C@@H]2CCCCN12. The molecule has 2 fully saturated rings. The van der Waals surface area contributed by atoms with Crippen LogP contribution in [-0.4, -0.2) is 35.2 Å². The summed E-state index contributed by atoms with van der Waals surface area (Å²) in [5, 5.41) is 9.50. The van der Waals surface area contributed by atoms with Gasteiger partial charge in [0.25, 0.3) is 0 Å². The van der Waals surface area contributed by atoms with Gasteiger partial charge in [0.15, 0.2) is 0 Å². The van der Waals surface area contributed by atoms with Gasteiger partial charge in [-0.1, -0.05) is 32.6 Å². The van der Waals surface area contributed by atoms with E-state index in [0.29, 0.717) is 18.6 Å². The highest BCUT2D eigenvalue weighted by Crippen LogP contribution is 2.35. The maximum atomic E-state index is 9.50. The van der Waals surface area contributed by atoms with E-state index in [0.717, 1.165) is 6.04 Å². The molecule has 0 saturated carbocycles. The van der Waals surface area contributed by atoms with Crippen molar-refractivity contribution in [2.45, 2.75) is 76.8 Å². The standard InChI is InChI=1S/C15H29NO/c1-2-3-4-7-14-10-9-13(12-17)15-8-5-6-11-16(14)15/h13-15,17H,2-12H2,1H3/t13-,14-,15+/m1/s1. The summed E-state index contributed by atoms with van der Waals surface area (Å²) in [5.74, 6) is 0.567. The van der Waals surface area contributed by atoms with E-state index in [1.165, 1.54) is 64.3 Å². The van der Waals surface area contributed by atoms with Crippen LogP contribution >= 0.6 is 0 Å². The molecule has 0 radical (unpaired) electrons. The number of aliphatic hydroxyl groups is 1. The molecule has 0 spiro atoms. The van der Waals surface area contributed by atoms with E-state index >= 15 is 0 Å². The van der Waals surface area contributed by atoms with Crippen molar-refractivity contribution in [3.8, 4) is 0 Å². The lowest BCUT2D eigenvalue weighted by Crippen LogP contribution is -2.54. The molecule has 17 heavy (non-hydrogen) atoms. The van der Waals surface area contributed by atoms with Gasteiger partial charge in [0.2, 0.25) is 0 Å². The molecule has 2 nitrogen and oxygen atoms in total. The van der Waals surface area contributed by atoms with Crippen LogP contribution in [0.2, 0.25) is 0 Å². The van der Waals surface area contributed by atoms with Gasteiger partial charge in [0.1, 0.15) is 0 Å². The fraction of sp³-hybridized carbons (Fsp3) is 1.00. The quantitative estimate of drug-likeness (QED) is 0.745. The van der Waals surface area contributed by atoms with Crippen molar-refractivity contribution in [1.29, 1.82) is 0 Å². The van der Waals surface area contributed by atoms with Gasteiger partial charge in [-0.3, -0.25) is 4.90 Å². The summed E-state index contributed by atoms with van der Waals surface area (Å²) in [6.45, 7) is 3.98. The molecule has 100 valence electrons. The van der Waals surface area contributed by atoms with Crippen LogP contribution in [0.3, 0.4) is 0 Å². The van der Waals surface area contributed by atoms with Crippen molar-refractivity contribution in [3.63, 3.8) is 0 Å². The predicted octanol–water partition coefficient (Wildman–Crippen LogP) is 3.19. The van der Waals surface area contributed by atoms with Gasteiger partial charge in [-0.15, -0.1) is 0 Å². The summed E-state index contributed by atoms with van der Waals surface area (Å²) >= 11 is 0. The Hall–Kier alpha value is -0.0800. The zero-order valence-electron chi connectivity index (χ0n) is 11.4. The minimum atomic E-state index is 0.406. The Morgan fingerprint density at radius 3 is 2.76 bits per heavy atom. The second-order valence-corrected chi connectivity index (χ2v) is 5.97. The number of nitrogens with zero attached hydrogens (tertiary/aromatic N) is 1. The minimum absolute atomic E-state index is 0.406. The Labute approximate surface area is 106 Å². The third-order valence-electron chi connectivity index (χ3n) is 4.85. The minimum Gasteiger partial charge on any atom is -0.396 e. The molecule has 2 rings (SSSR count). The molecule has 2 saturated heterocycles. The molecular weight excluding hydrogens is 210 g/mol. The lowest BCUT2D eigenvalue weighted by Gasteiger charge is -2.49. The Balaban J connectivity index is 1.90. The molecular formula is C15H29NO. The fourth-order valence-electron chi connectivity index (χ4n) is 3.86. The Morgan fingerprint density at radius 2 is 2.00 bits per heavy atom. The Morgan fingerprint density at radius 1 is 1.12 bits per heavy atom. The second-order valence-electron chi connectivity index (χ2n) is 5.97. The highest BCUT2D eigenvalue weighted by Gasteiger charge is 2.37. The number of unbranched alkanes of at least 4 members (excludes halogenated alkanes) is 2. The monoisotopic (exact) mass is 239 g/mol. The second kappa shape index (κ2) is 6.75. The smallest absolute Gasteiger partial charge is 0.0474 e. The van der Waals surface area contributed by atoms with Crippen LogP contribution in [0.25, 0.3) is 0 Å². The van der Waals surface area contributed by atoms with Gasteiger partial charge in [0, 0.05) is 18.7 Å². The lowest BCUT2D eigenvalue weighted by molar-refractivity contribution is -0.0115. The van der Waals surface area contributed by atoms with Gasteiger partial charge < -0.3 is 5.11 Å². The first-order chi connectivity index (χ1) is 8.36. The predicted molar refractivity (Wildman–Crippen MR) is 72.1 cm³/mol. The summed E-state index contributed by atoms with van der Waals surface area (Å²) in [4.78, 5) is 2.75. The summed E-state index contributed by atoms with van der Waals surface area (Å²) < 4.78 is 0. The van der Waals surface area contributed by atoms with Crippen molar-refractivity contribution < 1.29 is 5.11 Å². The van der Waals surface area contributed by atoms with Gasteiger partial charge in [-0.25, -0.2) is 0 Å². The van der Waals surface area contributed by atoms with E-state index in [-0.39, 0.29) is 0 Å². The fourth-order valence-corrected chi connectivity index (χ4v) is 3.86. The number of hydrogen-bond donors (Lipinski definition) is 1. The number of rotatable bonds is 5. The molecule has 1 N–H and O–H groups in total. The van der Waals surface area contributed by atoms with Crippen molar-refractivity contribution >= 4 is 0 Å². The maximum Gasteiger partial charge on any atom is 0.0474 e. The molecule has 0 aromatic rings. The van der Waals surface area contributed by atoms with Crippen molar-refractivity contribution in [1.82, 2.24) is 4.90 Å². The summed E-state index contributed by atoms with van der Waals surface area (Å²) in [7, 11) is 0. The Bertz CT molecular complexity index is 217. The molecule has 2 aliphatic rings. The topological polar surface area (TPSA) is 23.5 Å². The molecule has 0 aliphatic carbocycles. The molecule has 0 aromatic carbocycles. The van der Waals surface area contributed by atoms with Crippen molar-refractivity contribution in [2.75, 3.05) is 13.2 Å². The maximum absolute atomic E-state index is 9.50. The molecule has 2 heterocycles.